The molecule has 122 valence electrons. The molecule has 1 heterocycles. The number of esters is 1. The van der Waals surface area contributed by atoms with Crippen LogP contribution in [0.15, 0.2) is 32.5 Å². The van der Waals surface area contributed by atoms with E-state index in [0.29, 0.717) is 17.2 Å². The molecule has 0 unspecified atom stereocenters. The zero-order valence-corrected chi connectivity index (χ0v) is 16.8. The van der Waals surface area contributed by atoms with Gasteiger partial charge < -0.3 is 9.64 Å². The highest BCUT2D eigenvalue weighted by Crippen LogP contribution is 2.38. The maximum absolute atomic E-state index is 12.8. The molecule has 0 saturated heterocycles. The van der Waals surface area contributed by atoms with Gasteiger partial charge in [-0.1, -0.05) is 0 Å². The van der Waals surface area contributed by atoms with E-state index in [4.69, 9.17) is 4.74 Å². The van der Waals surface area contributed by atoms with Gasteiger partial charge in [-0.2, -0.15) is 0 Å². The summed E-state index contributed by atoms with van der Waals surface area (Å²) in [5.41, 5.74) is 1.68. The molecule has 2 aromatic rings. The number of amides is 1. The van der Waals surface area contributed by atoms with Gasteiger partial charge in [0.25, 0.3) is 5.91 Å². The quantitative estimate of drug-likeness (QED) is 0.466. The van der Waals surface area contributed by atoms with Crippen molar-refractivity contribution in [3.63, 3.8) is 0 Å². The summed E-state index contributed by atoms with van der Waals surface area (Å²) in [4.78, 5) is 26.2. The minimum Gasteiger partial charge on any atom is -0.427 e. The van der Waals surface area contributed by atoms with E-state index in [1.54, 1.807) is 29.2 Å². The Morgan fingerprint density at radius 1 is 1.22 bits per heavy atom. The number of anilines is 1. The number of hydrogen-bond acceptors (Lipinski definition) is 4. The SMILES string of the molecule is CCN(C(=O)c1sc(Br)c(Br)c1C)c1ccc(OC(C)=O)cc1. The summed E-state index contributed by atoms with van der Waals surface area (Å²) in [6.45, 7) is 5.73. The van der Waals surface area contributed by atoms with E-state index < -0.39 is 0 Å². The zero-order valence-electron chi connectivity index (χ0n) is 12.9. The number of ether oxygens (including phenoxy) is 1. The van der Waals surface area contributed by atoms with Crippen molar-refractivity contribution >= 4 is 60.8 Å². The van der Waals surface area contributed by atoms with Gasteiger partial charge in [-0.05, 0) is 75.5 Å². The topological polar surface area (TPSA) is 46.6 Å². The predicted molar refractivity (Wildman–Crippen MR) is 99.6 cm³/mol. The maximum Gasteiger partial charge on any atom is 0.308 e. The van der Waals surface area contributed by atoms with E-state index in [1.807, 2.05) is 13.8 Å². The van der Waals surface area contributed by atoms with E-state index in [1.165, 1.54) is 18.3 Å². The molecule has 1 aromatic heterocycles. The number of rotatable bonds is 4. The third kappa shape index (κ3) is 4.02. The minimum atomic E-state index is -0.370. The van der Waals surface area contributed by atoms with E-state index in [2.05, 4.69) is 31.9 Å². The summed E-state index contributed by atoms with van der Waals surface area (Å²) in [7, 11) is 0. The average Bonchev–Trinajstić information content (AvgIpc) is 2.76. The summed E-state index contributed by atoms with van der Waals surface area (Å²) < 4.78 is 6.82. The van der Waals surface area contributed by atoms with Crippen LogP contribution in [0.25, 0.3) is 0 Å². The highest BCUT2D eigenvalue weighted by atomic mass is 79.9. The van der Waals surface area contributed by atoms with E-state index in [0.717, 1.165) is 19.5 Å². The van der Waals surface area contributed by atoms with Crippen LogP contribution in [-0.4, -0.2) is 18.4 Å². The Labute approximate surface area is 155 Å². The number of hydrogen-bond donors (Lipinski definition) is 0. The first-order valence-corrected chi connectivity index (χ1v) is 9.30. The molecule has 2 rings (SSSR count). The Morgan fingerprint density at radius 2 is 1.83 bits per heavy atom. The summed E-state index contributed by atoms with van der Waals surface area (Å²) in [6, 6.07) is 6.90. The van der Waals surface area contributed by atoms with E-state index in [-0.39, 0.29) is 11.9 Å². The Balaban J connectivity index is 2.29. The predicted octanol–water partition coefficient (Wildman–Crippen LogP) is 5.17. The molecule has 0 aliphatic heterocycles. The average molecular weight is 461 g/mol. The largest absolute Gasteiger partial charge is 0.427 e. The molecule has 0 N–H and O–H groups in total. The lowest BCUT2D eigenvalue weighted by Crippen LogP contribution is -2.30. The second-order valence-electron chi connectivity index (χ2n) is 4.78. The van der Waals surface area contributed by atoms with Crippen LogP contribution >= 0.6 is 43.2 Å². The van der Waals surface area contributed by atoms with Crippen LogP contribution < -0.4 is 9.64 Å². The van der Waals surface area contributed by atoms with Crippen LogP contribution in [-0.2, 0) is 4.79 Å². The van der Waals surface area contributed by atoms with Gasteiger partial charge in [0.05, 0.1) is 8.66 Å². The second-order valence-corrected chi connectivity index (χ2v) is 7.91. The van der Waals surface area contributed by atoms with Gasteiger partial charge in [0.2, 0.25) is 0 Å². The Hall–Kier alpha value is -1.18. The van der Waals surface area contributed by atoms with Crippen molar-refractivity contribution in [1.82, 2.24) is 0 Å². The molecular formula is C16H15Br2NO3S. The van der Waals surface area contributed by atoms with Gasteiger partial charge in [0, 0.05) is 23.6 Å². The molecule has 0 atom stereocenters. The van der Waals surface area contributed by atoms with Crippen molar-refractivity contribution in [3.8, 4) is 5.75 Å². The van der Waals surface area contributed by atoms with Crippen molar-refractivity contribution in [1.29, 1.82) is 0 Å². The fourth-order valence-electron chi connectivity index (χ4n) is 2.09. The lowest BCUT2D eigenvalue weighted by molar-refractivity contribution is -0.131. The number of thiophene rings is 1. The van der Waals surface area contributed by atoms with Crippen LogP contribution in [0.5, 0.6) is 5.75 Å². The number of nitrogens with zero attached hydrogens (tertiary/aromatic N) is 1. The van der Waals surface area contributed by atoms with Crippen LogP contribution in [0, 0.1) is 6.92 Å². The standard InChI is InChI=1S/C16H15Br2NO3S/c1-4-19(11-5-7-12(8-6-11)22-10(3)20)16(21)14-9(2)13(17)15(18)23-14/h5-8H,4H2,1-3H3. The molecule has 1 amide bonds. The summed E-state index contributed by atoms with van der Waals surface area (Å²) in [5, 5.41) is 0. The van der Waals surface area contributed by atoms with Gasteiger partial charge in [0.15, 0.2) is 0 Å². The first kappa shape index (κ1) is 18.2. The van der Waals surface area contributed by atoms with Crippen molar-refractivity contribution in [2.75, 3.05) is 11.4 Å². The summed E-state index contributed by atoms with van der Waals surface area (Å²) >= 11 is 8.33. The molecule has 4 nitrogen and oxygen atoms in total. The molecular weight excluding hydrogens is 446 g/mol. The number of halogens is 2. The molecule has 0 spiro atoms. The molecule has 0 fully saturated rings. The molecule has 0 saturated carbocycles. The summed E-state index contributed by atoms with van der Waals surface area (Å²) in [5.74, 6) is 0.0364. The first-order valence-electron chi connectivity index (χ1n) is 6.89. The lowest BCUT2D eigenvalue weighted by Gasteiger charge is -2.21. The fourth-order valence-corrected chi connectivity index (χ4v) is 4.32. The number of benzene rings is 1. The Morgan fingerprint density at radius 3 is 2.26 bits per heavy atom. The molecule has 0 bridgehead atoms. The smallest absolute Gasteiger partial charge is 0.308 e. The Kier molecular flexibility index (Phi) is 6.00. The van der Waals surface area contributed by atoms with Gasteiger partial charge in [-0.15, -0.1) is 11.3 Å². The maximum atomic E-state index is 12.8. The summed E-state index contributed by atoms with van der Waals surface area (Å²) in [6.07, 6.45) is 0. The van der Waals surface area contributed by atoms with Gasteiger partial charge in [-0.3, -0.25) is 9.59 Å². The van der Waals surface area contributed by atoms with Gasteiger partial charge in [0.1, 0.15) is 5.75 Å². The highest BCUT2D eigenvalue weighted by molar-refractivity contribution is 9.13. The molecule has 1 aromatic carbocycles. The molecule has 23 heavy (non-hydrogen) atoms. The third-order valence-corrected chi connectivity index (χ3v) is 6.94. The monoisotopic (exact) mass is 459 g/mol. The third-order valence-electron chi connectivity index (χ3n) is 3.20. The van der Waals surface area contributed by atoms with E-state index in [9.17, 15) is 9.59 Å². The second kappa shape index (κ2) is 7.59. The van der Waals surface area contributed by atoms with Crippen LogP contribution in [0.2, 0.25) is 0 Å². The van der Waals surface area contributed by atoms with Crippen molar-refractivity contribution in [3.05, 3.63) is 43.0 Å². The van der Waals surface area contributed by atoms with Gasteiger partial charge in [-0.25, -0.2) is 0 Å². The van der Waals surface area contributed by atoms with Gasteiger partial charge >= 0.3 is 5.97 Å². The molecule has 0 aliphatic carbocycles. The zero-order chi connectivity index (χ0) is 17.1. The number of carbonyl (C=O) groups is 2. The van der Waals surface area contributed by atoms with Crippen molar-refractivity contribution in [2.45, 2.75) is 20.8 Å². The normalized spacial score (nSPS) is 10.5. The van der Waals surface area contributed by atoms with Crippen LogP contribution in [0.1, 0.15) is 29.1 Å². The minimum absolute atomic E-state index is 0.0540. The van der Waals surface area contributed by atoms with E-state index >= 15 is 0 Å². The van der Waals surface area contributed by atoms with Crippen LogP contribution in [0.3, 0.4) is 0 Å². The van der Waals surface area contributed by atoms with Crippen molar-refractivity contribution < 1.29 is 14.3 Å². The molecule has 0 radical (unpaired) electrons. The first-order chi connectivity index (χ1) is 10.8. The molecule has 7 heteroatoms. The lowest BCUT2D eigenvalue weighted by atomic mass is 10.2. The van der Waals surface area contributed by atoms with Crippen molar-refractivity contribution in [2.24, 2.45) is 0 Å². The fraction of sp³-hybridized carbons (Fsp3) is 0.250. The Bertz CT molecular complexity index is 741. The highest BCUT2D eigenvalue weighted by Gasteiger charge is 2.23. The number of carbonyl (C=O) groups excluding carboxylic acids is 2. The molecule has 0 aliphatic rings. The van der Waals surface area contributed by atoms with Crippen LogP contribution in [0.4, 0.5) is 5.69 Å².